The highest BCUT2D eigenvalue weighted by Gasteiger charge is 2.25. The van der Waals surface area contributed by atoms with E-state index in [2.05, 4.69) is 65.7 Å². The summed E-state index contributed by atoms with van der Waals surface area (Å²) in [6.45, 7) is 5.00. The lowest BCUT2D eigenvalue weighted by molar-refractivity contribution is 0.0938. The third-order valence-electron chi connectivity index (χ3n) is 5.70. The SMILES string of the molecule is CCc1ccc(-c2ccccc2C(=O)NC2CCN(Cc3ccccc3)C2)cc1. The number of benzene rings is 3. The van der Waals surface area contributed by atoms with Gasteiger partial charge in [0.2, 0.25) is 0 Å². The van der Waals surface area contributed by atoms with Gasteiger partial charge < -0.3 is 5.32 Å². The molecule has 1 amide bonds. The standard InChI is InChI=1S/C26H28N2O/c1-2-20-12-14-22(15-13-20)24-10-6-7-11-25(24)26(29)27-23-16-17-28(19-23)18-21-8-4-3-5-9-21/h3-15,23H,2,16-19H2,1H3,(H,27,29). The van der Waals surface area contributed by atoms with Gasteiger partial charge in [0.25, 0.3) is 5.91 Å². The lowest BCUT2D eigenvalue weighted by Gasteiger charge is -2.17. The number of hydrogen-bond acceptors (Lipinski definition) is 2. The Morgan fingerprint density at radius 1 is 0.931 bits per heavy atom. The van der Waals surface area contributed by atoms with Gasteiger partial charge in [-0.2, -0.15) is 0 Å². The average molecular weight is 385 g/mol. The van der Waals surface area contributed by atoms with Crippen molar-refractivity contribution >= 4 is 5.91 Å². The van der Waals surface area contributed by atoms with E-state index in [0.29, 0.717) is 0 Å². The zero-order valence-electron chi connectivity index (χ0n) is 17.0. The molecule has 4 rings (SSSR count). The normalized spacial score (nSPS) is 16.7. The number of carbonyl (C=O) groups is 1. The van der Waals surface area contributed by atoms with Crippen molar-refractivity contribution in [3.05, 3.63) is 95.6 Å². The van der Waals surface area contributed by atoms with Crippen LogP contribution in [0, 0.1) is 0 Å². The molecular weight excluding hydrogens is 356 g/mol. The van der Waals surface area contributed by atoms with E-state index in [1.165, 1.54) is 11.1 Å². The Kier molecular flexibility index (Phi) is 6.06. The minimum atomic E-state index is 0.0201. The quantitative estimate of drug-likeness (QED) is 0.654. The molecule has 3 aromatic carbocycles. The monoisotopic (exact) mass is 384 g/mol. The Bertz CT molecular complexity index is 950. The number of amides is 1. The van der Waals surface area contributed by atoms with Crippen LogP contribution in [0.5, 0.6) is 0 Å². The number of aryl methyl sites for hydroxylation is 1. The highest BCUT2D eigenvalue weighted by molar-refractivity contribution is 6.01. The summed E-state index contributed by atoms with van der Waals surface area (Å²) in [7, 11) is 0. The lowest BCUT2D eigenvalue weighted by Crippen LogP contribution is -2.37. The van der Waals surface area contributed by atoms with Crippen molar-refractivity contribution in [2.75, 3.05) is 13.1 Å². The summed E-state index contributed by atoms with van der Waals surface area (Å²) in [5.41, 5.74) is 5.45. The molecule has 1 aliphatic rings. The Labute approximate surface area is 173 Å². The molecular formula is C26H28N2O. The van der Waals surface area contributed by atoms with Gasteiger partial charge in [0.1, 0.15) is 0 Å². The van der Waals surface area contributed by atoms with E-state index in [1.807, 2.05) is 30.3 Å². The van der Waals surface area contributed by atoms with Crippen LogP contribution >= 0.6 is 0 Å². The van der Waals surface area contributed by atoms with Gasteiger partial charge in [-0.15, -0.1) is 0 Å². The number of rotatable bonds is 6. The Morgan fingerprint density at radius 3 is 2.41 bits per heavy atom. The third kappa shape index (κ3) is 4.75. The first-order chi connectivity index (χ1) is 14.2. The van der Waals surface area contributed by atoms with Crippen LogP contribution in [0.3, 0.4) is 0 Å². The summed E-state index contributed by atoms with van der Waals surface area (Å²) in [6.07, 6.45) is 2.01. The van der Waals surface area contributed by atoms with Gasteiger partial charge in [-0.05, 0) is 41.2 Å². The fourth-order valence-corrected chi connectivity index (χ4v) is 4.05. The zero-order valence-corrected chi connectivity index (χ0v) is 17.0. The maximum atomic E-state index is 13.1. The number of carbonyl (C=O) groups excluding carboxylic acids is 1. The van der Waals surface area contributed by atoms with Gasteiger partial charge in [0.15, 0.2) is 0 Å². The molecule has 0 aliphatic carbocycles. The Morgan fingerprint density at radius 2 is 1.66 bits per heavy atom. The Hall–Kier alpha value is -2.91. The van der Waals surface area contributed by atoms with Gasteiger partial charge >= 0.3 is 0 Å². The molecule has 29 heavy (non-hydrogen) atoms. The second kappa shape index (κ2) is 9.06. The number of nitrogens with zero attached hydrogens (tertiary/aromatic N) is 1. The molecule has 1 unspecified atom stereocenters. The van der Waals surface area contributed by atoms with Gasteiger partial charge in [-0.25, -0.2) is 0 Å². The Balaban J connectivity index is 1.42. The molecule has 1 saturated heterocycles. The van der Waals surface area contributed by atoms with Gasteiger partial charge in [0, 0.05) is 31.2 Å². The van der Waals surface area contributed by atoms with Crippen molar-refractivity contribution in [1.82, 2.24) is 10.2 Å². The van der Waals surface area contributed by atoms with E-state index in [-0.39, 0.29) is 11.9 Å². The van der Waals surface area contributed by atoms with E-state index >= 15 is 0 Å². The maximum absolute atomic E-state index is 13.1. The fourth-order valence-electron chi connectivity index (χ4n) is 4.05. The molecule has 1 N–H and O–H groups in total. The fraction of sp³-hybridized carbons (Fsp3) is 0.269. The van der Waals surface area contributed by atoms with Crippen LogP contribution in [0.2, 0.25) is 0 Å². The van der Waals surface area contributed by atoms with Crippen LogP contribution in [0.15, 0.2) is 78.9 Å². The first-order valence-corrected chi connectivity index (χ1v) is 10.5. The molecule has 0 radical (unpaired) electrons. The molecule has 0 bridgehead atoms. The van der Waals surface area contributed by atoms with Crippen LogP contribution in [0.4, 0.5) is 0 Å². The second-order valence-electron chi connectivity index (χ2n) is 7.78. The molecule has 0 saturated carbocycles. The van der Waals surface area contributed by atoms with E-state index < -0.39 is 0 Å². The second-order valence-corrected chi connectivity index (χ2v) is 7.78. The molecule has 148 valence electrons. The summed E-state index contributed by atoms with van der Waals surface area (Å²) in [6, 6.07) is 27.1. The highest BCUT2D eigenvalue weighted by atomic mass is 16.1. The molecule has 1 aliphatic heterocycles. The molecule has 3 nitrogen and oxygen atoms in total. The largest absolute Gasteiger partial charge is 0.348 e. The van der Waals surface area contributed by atoms with Crippen molar-refractivity contribution < 1.29 is 4.79 Å². The number of hydrogen-bond donors (Lipinski definition) is 1. The molecule has 1 atom stereocenters. The summed E-state index contributed by atoms with van der Waals surface area (Å²) >= 11 is 0. The number of nitrogens with one attached hydrogen (secondary N) is 1. The summed E-state index contributed by atoms with van der Waals surface area (Å²) in [5.74, 6) is 0.0201. The van der Waals surface area contributed by atoms with Crippen molar-refractivity contribution in [3.8, 4) is 11.1 Å². The molecule has 0 spiro atoms. The molecule has 1 heterocycles. The van der Waals surface area contributed by atoms with Crippen LogP contribution in [0.25, 0.3) is 11.1 Å². The molecule has 3 heteroatoms. The van der Waals surface area contributed by atoms with E-state index in [4.69, 9.17) is 0 Å². The molecule has 1 fully saturated rings. The van der Waals surface area contributed by atoms with Crippen molar-refractivity contribution in [2.24, 2.45) is 0 Å². The smallest absolute Gasteiger partial charge is 0.252 e. The zero-order chi connectivity index (χ0) is 20.1. The van der Waals surface area contributed by atoms with E-state index in [9.17, 15) is 4.79 Å². The molecule has 3 aromatic rings. The lowest BCUT2D eigenvalue weighted by atomic mass is 9.97. The molecule has 0 aromatic heterocycles. The summed E-state index contributed by atoms with van der Waals surface area (Å²) in [4.78, 5) is 15.5. The first-order valence-electron chi connectivity index (χ1n) is 10.5. The average Bonchev–Trinajstić information content (AvgIpc) is 3.21. The predicted octanol–water partition coefficient (Wildman–Crippen LogP) is 4.92. The van der Waals surface area contributed by atoms with E-state index in [1.54, 1.807) is 0 Å². The minimum Gasteiger partial charge on any atom is -0.348 e. The van der Waals surface area contributed by atoms with Crippen molar-refractivity contribution in [3.63, 3.8) is 0 Å². The number of likely N-dealkylation sites (tertiary alicyclic amines) is 1. The summed E-state index contributed by atoms with van der Waals surface area (Å²) < 4.78 is 0. The third-order valence-corrected chi connectivity index (χ3v) is 5.70. The van der Waals surface area contributed by atoms with Crippen LogP contribution in [-0.4, -0.2) is 29.9 Å². The highest BCUT2D eigenvalue weighted by Crippen LogP contribution is 2.25. The topological polar surface area (TPSA) is 32.3 Å². The van der Waals surface area contributed by atoms with Crippen LogP contribution in [-0.2, 0) is 13.0 Å². The van der Waals surface area contributed by atoms with E-state index in [0.717, 1.165) is 49.2 Å². The minimum absolute atomic E-state index is 0.0201. The maximum Gasteiger partial charge on any atom is 0.252 e. The van der Waals surface area contributed by atoms with Crippen LogP contribution in [0.1, 0.15) is 34.8 Å². The first kappa shape index (κ1) is 19.4. The predicted molar refractivity (Wildman–Crippen MR) is 119 cm³/mol. The van der Waals surface area contributed by atoms with Gasteiger partial charge in [0.05, 0.1) is 0 Å². The van der Waals surface area contributed by atoms with Gasteiger partial charge in [-0.1, -0.05) is 79.7 Å². The van der Waals surface area contributed by atoms with Crippen molar-refractivity contribution in [2.45, 2.75) is 32.4 Å². The summed E-state index contributed by atoms with van der Waals surface area (Å²) in [5, 5.41) is 3.26. The van der Waals surface area contributed by atoms with Gasteiger partial charge in [-0.3, -0.25) is 9.69 Å². The van der Waals surface area contributed by atoms with Crippen LogP contribution < -0.4 is 5.32 Å². The van der Waals surface area contributed by atoms with Crippen molar-refractivity contribution in [1.29, 1.82) is 0 Å².